The number of hydrogen-bond donors (Lipinski definition) is 2. The van der Waals surface area contributed by atoms with E-state index in [9.17, 15) is 18.4 Å². The number of nitrogens with one attached hydrogen (secondary N) is 2. The van der Waals surface area contributed by atoms with Crippen LogP contribution in [0.4, 0.5) is 20.4 Å². The number of carbonyl (C=O) groups is 2. The summed E-state index contributed by atoms with van der Waals surface area (Å²) in [5.74, 6) is -2.51. The average Bonchev–Trinajstić information content (AvgIpc) is 3.26. The first-order valence-electron chi connectivity index (χ1n) is 7.58. The first-order chi connectivity index (χ1) is 12.5. The summed E-state index contributed by atoms with van der Waals surface area (Å²) in [6, 6.07) is 5.35. The number of rotatable bonds is 3. The quantitative estimate of drug-likeness (QED) is 0.747. The molecule has 0 saturated carbocycles. The maximum Gasteiger partial charge on any atom is 0.248 e. The number of nitrogens with zero attached hydrogens (tertiary/aromatic N) is 3. The van der Waals surface area contributed by atoms with E-state index in [4.69, 9.17) is 4.42 Å². The minimum atomic E-state index is -1.10. The first-order valence-corrected chi connectivity index (χ1v) is 7.58. The lowest BCUT2D eigenvalue weighted by atomic mass is 10.1. The minimum Gasteiger partial charge on any atom is -0.461 e. The fraction of sp³-hybridized carbons (Fsp3) is 0.125. The fourth-order valence-corrected chi connectivity index (χ4v) is 2.72. The van der Waals surface area contributed by atoms with Crippen molar-refractivity contribution >= 4 is 23.5 Å². The molecule has 1 aliphatic rings. The number of aromatic nitrogens is 3. The molecule has 4 rings (SSSR count). The van der Waals surface area contributed by atoms with Gasteiger partial charge in [-0.2, -0.15) is 0 Å². The molecule has 0 spiro atoms. The van der Waals surface area contributed by atoms with Crippen molar-refractivity contribution in [3.05, 3.63) is 48.2 Å². The molecule has 1 aliphatic heterocycles. The standard InChI is InChI=1S/C16H11F2N5O3/c17-8-3-1-4-9(18)13(8)20-15(25)10-7-12(24)19-16-22-21-14(23(10)16)11-5-2-6-26-11/h1-6,10H,7H2,(H,20,25)(H,19,22,24)/t10-/m1/s1. The third kappa shape index (κ3) is 2.61. The third-order valence-electron chi connectivity index (χ3n) is 3.89. The number of anilines is 2. The van der Waals surface area contributed by atoms with Crippen LogP contribution in [0.2, 0.25) is 0 Å². The predicted molar refractivity (Wildman–Crippen MR) is 85.0 cm³/mol. The van der Waals surface area contributed by atoms with Gasteiger partial charge in [-0.3, -0.25) is 19.5 Å². The summed E-state index contributed by atoms with van der Waals surface area (Å²) in [5, 5.41) is 12.4. The minimum absolute atomic E-state index is 0.0433. The van der Waals surface area contributed by atoms with E-state index < -0.39 is 35.2 Å². The lowest BCUT2D eigenvalue weighted by Crippen LogP contribution is -2.36. The molecule has 1 aromatic carbocycles. The lowest BCUT2D eigenvalue weighted by Gasteiger charge is -2.24. The second-order valence-corrected chi connectivity index (χ2v) is 5.55. The van der Waals surface area contributed by atoms with E-state index in [1.807, 2.05) is 0 Å². The SMILES string of the molecule is O=C1C[C@H](C(=O)Nc2c(F)cccc2F)n2c(nnc2-c2ccco2)N1. The van der Waals surface area contributed by atoms with Gasteiger partial charge in [-0.25, -0.2) is 8.78 Å². The van der Waals surface area contributed by atoms with E-state index in [2.05, 4.69) is 20.8 Å². The van der Waals surface area contributed by atoms with Gasteiger partial charge in [0.25, 0.3) is 0 Å². The van der Waals surface area contributed by atoms with E-state index in [1.54, 1.807) is 12.1 Å². The monoisotopic (exact) mass is 359 g/mol. The van der Waals surface area contributed by atoms with Gasteiger partial charge in [0.15, 0.2) is 5.76 Å². The topological polar surface area (TPSA) is 102 Å². The highest BCUT2D eigenvalue weighted by Gasteiger charge is 2.35. The highest BCUT2D eigenvalue weighted by molar-refractivity contribution is 6.01. The van der Waals surface area contributed by atoms with Gasteiger partial charge in [-0.1, -0.05) is 6.07 Å². The Kier molecular flexibility index (Phi) is 3.72. The summed E-state index contributed by atoms with van der Waals surface area (Å²) >= 11 is 0. The Morgan fingerprint density at radius 2 is 2.00 bits per heavy atom. The molecule has 0 bridgehead atoms. The van der Waals surface area contributed by atoms with Gasteiger partial charge >= 0.3 is 0 Å². The van der Waals surface area contributed by atoms with Crippen molar-refractivity contribution in [1.29, 1.82) is 0 Å². The number of halogens is 2. The summed E-state index contributed by atoms with van der Waals surface area (Å²) in [6.45, 7) is 0. The van der Waals surface area contributed by atoms with Gasteiger partial charge in [0.2, 0.25) is 23.6 Å². The van der Waals surface area contributed by atoms with E-state index >= 15 is 0 Å². The zero-order valence-corrected chi connectivity index (χ0v) is 13.1. The van der Waals surface area contributed by atoms with Gasteiger partial charge in [0, 0.05) is 0 Å². The van der Waals surface area contributed by atoms with Crippen molar-refractivity contribution in [1.82, 2.24) is 14.8 Å². The molecule has 0 aliphatic carbocycles. The Hall–Kier alpha value is -3.56. The normalized spacial score (nSPS) is 16.1. The van der Waals surface area contributed by atoms with Crippen LogP contribution in [0.5, 0.6) is 0 Å². The molecule has 10 heteroatoms. The van der Waals surface area contributed by atoms with Gasteiger partial charge in [0.1, 0.15) is 23.4 Å². The number of carbonyl (C=O) groups excluding carboxylic acids is 2. The summed E-state index contributed by atoms with van der Waals surface area (Å²) in [5.41, 5.74) is -0.586. The molecule has 3 aromatic rings. The van der Waals surface area contributed by atoms with Crippen LogP contribution in [0.3, 0.4) is 0 Å². The Bertz CT molecular complexity index is 979. The largest absolute Gasteiger partial charge is 0.461 e. The van der Waals surface area contributed by atoms with Crippen molar-refractivity contribution in [3.8, 4) is 11.6 Å². The van der Waals surface area contributed by atoms with Crippen LogP contribution < -0.4 is 10.6 Å². The zero-order chi connectivity index (χ0) is 18.3. The molecular formula is C16H11F2N5O3. The van der Waals surface area contributed by atoms with Gasteiger partial charge in [0.05, 0.1) is 12.7 Å². The summed E-state index contributed by atoms with van der Waals surface area (Å²) in [4.78, 5) is 24.5. The molecule has 0 saturated heterocycles. The van der Waals surface area contributed by atoms with Crippen molar-refractivity contribution in [2.75, 3.05) is 10.6 Å². The summed E-state index contributed by atoms with van der Waals surface area (Å²) in [7, 11) is 0. The number of hydrogen-bond acceptors (Lipinski definition) is 5. The molecule has 2 amide bonds. The first kappa shape index (κ1) is 15.9. The average molecular weight is 359 g/mol. The van der Waals surface area contributed by atoms with Crippen molar-refractivity contribution in [2.24, 2.45) is 0 Å². The molecule has 26 heavy (non-hydrogen) atoms. The number of para-hydroxylation sites is 1. The molecule has 1 atom stereocenters. The van der Waals surface area contributed by atoms with Crippen LogP contribution in [0, 0.1) is 11.6 Å². The number of amides is 2. The van der Waals surface area contributed by atoms with Crippen LogP contribution in [0.1, 0.15) is 12.5 Å². The second kappa shape index (κ2) is 6.06. The smallest absolute Gasteiger partial charge is 0.248 e. The van der Waals surface area contributed by atoms with Crippen molar-refractivity contribution < 1.29 is 22.8 Å². The van der Waals surface area contributed by atoms with Crippen molar-refractivity contribution in [2.45, 2.75) is 12.5 Å². The number of fused-ring (bicyclic) bond motifs is 1. The van der Waals surface area contributed by atoms with Crippen LogP contribution >= 0.6 is 0 Å². The molecule has 8 nitrogen and oxygen atoms in total. The van der Waals surface area contributed by atoms with Gasteiger partial charge in [-0.05, 0) is 24.3 Å². The van der Waals surface area contributed by atoms with Gasteiger partial charge in [-0.15, -0.1) is 10.2 Å². The van der Waals surface area contributed by atoms with E-state index in [1.165, 1.54) is 16.9 Å². The Morgan fingerprint density at radius 3 is 2.69 bits per heavy atom. The predicted octanol–water partition coefficient (Wildman–Crippen LogP) is 2.34. The molecule has 2 aromatic heterocycles. The molecular weight excluding hydrogens is 348 g/mol. The van der Waals surface area contributed by atoms with E-state index in [0.717, 1.165) is 12.1 Å². The van der Waals surface area contributed by atoms with E-state index in [-0.39, 0.29) is 18.2 Å². The maximum absolute atomic E-state index is 13.8. The molecule has 2 N–H and O–H groups in total. The van der Waals surface area contributed by atoms with Gasteiger partial charge < -0.3 is 9.73 Å². The number of benzene rings is 1. The third-order valence-corrected chi connectivity index (χ3v) is 3.89. The fourth-order valence-electron chi connectivity index (χ4n) is 2.72. The molecule has 0 fully saturated rings. The Morgan fingerprint density at radius 1 is 1.23 bits per heavy atom. The van der Waals surface area contributed by atoms with Crippen LogP contribution in [0.15, 0.2) is 41.0 Å². The van der Waals surface area contributed by atoms with E-state index in [0.29, 0.717) is 5.76 Å². The summed E-state index contributed by atoms with van der Waals surface area (Å²) < 4.78 is 34.2. The van der Waals surface area contributed by atoms with Crippen LogP contribution in [-0.2, 0) is 9.59 Å². The lowest BCUT2D eigenvalue weighted by molar-refractivity contribution is -0.125. The van der Waals surface area contributed by atoms with Crippen molar-refractivity contribution in [3.63, 3.8) is 0 Å². The highest BCUT2D eigenvalue weighted by Crippen LogP contribution is 2.31. The summed E-state index contributed by atoms with van der Waals surface area (Å²) in [6.07, 6.45) is 1.17. The zero-order valence-electron chi connectivity index (χ0n) is 13.1. The maximum atomic E-state index is 13.8. The Balaban J connectivity index is 1.73. The number of furan rings is 1. The van der Waals surface area contributed by atoms with Crippen LogP contribution in [0.25, 0.3) is 11.6 Å². The van der Waals surface area contributed by atoms with Crippen LogP contribution in [-0.4, -0.2) is 26.6 Å². The molecule has 0 radical (unpaired) electrons. The Labute approximate surface area is 144 Å². The molecule has 0 unspecified atom stereocenters. The molecule has 132 valence electrons. The highest BCUT2D eigenvalue weighted by atomic mass is 19.1. The molecule has 3 heterocycles. The second-order valence-electron chi connectivity index (χ2n) is 5.55.